The summed E-state index contributed by atoms with van der Waals surface area (Å²) in [6.45, 7) is 2.58. The lowest BCUT2D eigenvalue weighted by Crippen LogP contribution is -2.29. The van der Waals surface area contributed by atoms with Crippen LogP contribution >= 0.6 is 23.2 Å². The van der Waals surface area contributed by atoms with Crippen molar-refractivity contribution in [2.24, 2.45) is 0 Å². The van der Waals surface area contributed by atoms with Crippen LogP contribution in [0, 0.1) is 0 Å². The first kappa shape index (κ1) is 14.3. The molecule has 0 aromatic heterocycles. The number of halogens is 2. The summed E-state index contributed by atoms with van der Waals surface area (Å²) in [6.07, 6.45) is 0.460. The van der Waals surface area contributed by atoms with Gasteiger partial charge in [0.15, 0.2) is 0 Å². The monoisotopic (exact) mass is 274 g/mol. The Kier molecular flexibility index (Phi) is 5.75. The number of rotatable bonds is 5. The maximum absolute atomic E-state index is 11.5. The van der Waals surface area contributed by atoms with Crippen LogP contribution in [0.25, 0.3) is 0 Å². The summed E-state index contributed by atoms with van der Waals surface area (Å²) in [5.41, 5.74) is 0.942. The molecule has 0 aliphatic carbocycles. The van der Waals surface area contributed by atoms with Gasteiger partial charge in [-0.15, -0.1) is 0 Å². The molecule has 0 saturated carbocycles. The minimum Gasteiger partial charge on any atom is -0.350 e. The third kappa shape index (κ3) is 4.54. The van der Waals surface area contributed by atoms with E-state index in [4.69, 9.17) is 23.2 Å². The van der Waals surface area contributed by atoms with Crippen LogP contribution in [0.4, 0.5) is 0 Å². The number of carbonyl (C=O) groups excluding carboxylic acids is 1. The summed E-state index contributed by atoms with van der Waals surface area (Å²) in [5, 5.41) is 6.84. The number of nitrogens with one attached hydrogen (secondary N) is 2. The molecule has 1 rings (SSSR count). The zero-order chi connectivity index (χ0) is 12.8. The molecule has 5 heteroatoms. The number of benzene rings is 1. The van der Waals surface area contributed by atoms with Gasteiger partial charge in [0.25, 0.3) is 0 Å². The van der Waals surface area contributed by atoms with Crippen LogP contribution in [0.1, 0.15) is 24.9 Å². The molecule has 0 bridgehead atoms. The molecule has 1 unspecified atom stereocenters. The van der Waals surface area contributed by atoms with Crippen molar-refractivity contribution in [2.75, 3.05) is 13.6 Å². The van der Waals surface area contributed by atoms with Crippen molar-refractivity contribution >= 4 is 29.1 Å². The van der Waals surface area contributed by atoms with Crippen molar-refractivity contribution in [3.05, 3.63) is 33.8 Å². The molecule has 0 radical (unpaired) electrons. The van der Waals surface area contributed by atoms with Gasteiger partial charge in [-0.2, -0.15) is 0 Å². The predicted molar refractivity (Wildman–Crippen MR) is 71.6 cm³/mol. The van der Waals surface area contributed by atoms with Gasteiger partial charge in [-0.25, -0.2) is 0 Å². The van der Waals surface area contributed by atoms with E-state index < -0.39 is 0 Å². The Labute approximate surface area is 111 Å². The van der Waals surface area contributed by atoms with Gasteiger partial charge in [-0.1, -0.05) is 29.3 Å². The summed E-state index contributed by atoms with van der Waals surface area (Å²) < 4.78 is 0. The Morgan fingerprint density at radius 3 is 2.65 bits per heavy atom. The second-order valence-corrected chi connectivity index (χ2v) is 4.63. The predicted octanol–water partition coefficient (Wildman–Crippen LogP) is 2.78. The largest absolute Gasteiger partial charge is 0.350 e. The van der Waals surface area contributed by atoms with E-state index >= 15 is 0 Å². The Hall–Kier alpha value is -0.770. The Balaban J connectivity index is 2.60. The van der Waals surface area contributed by atoms with E-state index in [0.717, 1.165) is 5.56 Å². The third-order valence-corrected chi connectivity index (χ3v) is 3.16. The number of hydrogen-bond donors (Lipinski definition) is 2. The number of carbonyl (C=O) groups is 1. The van der Waals surface area contributed by atoms with Crippen molar-refractivity contribution < 1.29 is 4.79 Å². The van der Waals surface area contributed by atoms with Crippen LogP contribution in [-0.2, 0) is 4.79 Å². The highest BCUT2D eigenvalue weighted by Gasteiger charge is 2.10. The number of hydrogen-bond acceptors (Lipinski definition) is 2. The fourth-order valence-electron chi connectivity index (χ4n) is 1.42. The van der Waals surface area contributed by atoms with E-state index in [-0.39, 0.29) is 11.9 Å². The van der Waals surface area contributed by atoms with E-state index in [1.807, 2.05) is 20.0 Å². The first-order valence-corrected chi connectivity index (χ1v) is 6.19. The zero-order valence-electron chi connectivity index (χ0n) is 9.89. The lowest BCUT2D eigenvalue weighted by Gasteiger charge is -2.15. The van der Waals surface area contributed by atoms with Crippen molar-refractivity contribution in [3.8, 4) is 0 Å². The van der Waals surface area contributed by atoms with Crippen molar-refractivity contribution in [2.45, 2.75) is 19.4 Å². The van der Waals surface area contributed by atoms with Crippen LogP contribution in [0.5, 0.6) is 0 Å². The molecule has 0 heterocycles. The molecule has 17 heavy (non-hydrogen) atoms. The van der Waals surface area contributed by atoms with Gasteiger partial charge < -0.3 is 10.6 Å². The third-order valence-electron chi connectivity index (χ3n) is 2.42. The molecular weight excluding hydrogens is 259 g/mol. The van der Waals surface area contributed by atoms with Gasteiger partial charge in [0.1, 0.15) is 0 Å². The van der Waals surface area contributed by atoms with E-state index in [0.29, 0.717) is 23.0 Å². The SMILES string of the molecule is CNCCC(=O)NC(C)c1ccc(Cl)c(Cl)c1. The van der Waals surface area contributed by atoms with Crippen molar-refractivity contribution in [3.63, 3.8) is 0 Å². The molecule has 1 aromatic carbocycles. The lowest BCUT2D eigenvalue weighted by molar-refractivity contribution is -0.121. The smallest absolute Gasteiger partial charge is 0.221 e. The quantitative estimate of drug-likeness (QED) is 0.867. The first-order valence-electron chi connectivity index (χ1n) is 5.43. The van der Waals surface area contributed by atoms with Gasteiger partial charge in [0, 0.05) is 13.0 Å². The molecule has 0 spiro atoms. The molecule has 94 valence electrons. The normalized spacial score (nSPS) is 12.2. The average Bonchev–Trinajstić information content (AvgIpc) is 2.30. The van der Waals surface area contributed by atoms with Gasteiger partial charge in [-0.05, 0) is 31.7 Å². The maximum Gasteiger partial charge on any atom is 0.221 e. The minimum atomic E-state index is -0.0749. The lowest BCUT2D eigenvalue weighted by atomic mass is 10.1. The summed E-state index contributed by atoms with van der Waals surface area (Å²) in [7, 11) is 1.82. The fourth-order valence-corrected chi connectivity index (χ4v) is 1.72. The summed E-state index contributed by atoms with van der Waals surface area (Å²) >= 11 is 11.8. The van der Waals surface area contributed by atoms with Crippen molar-refractivity contribution in [1.82, 2.24) is 10.6 Å². The molecule has 1 atom stereocenters. The fraction of sp³-hybridized carbons (Fsp3) is 0.417. The maximum atomic E-state index is 11.5. The van der Waals surface area contributed by atoms with Gasteiger partial charge in [0.2, 0.25) is 5.91 Å². The minimum absolute atomic E-state index is 0.0120. The van der Waals surface area contributed by atoms with Gasteiger partial charge >= 0.3 is 0 Å². The summed E-state index contributed by atoms with van der Waals surface area (Å²) in [6, 6.07) is 5.29. The highest BCUT2D eigenvalue weighted by Crippen LogP contribution is 2.25. The standard InChI is InChI=1S/C12H16Cl2N2O/c1-8(16-12(17)5-6-15-2)9-3-4-10(13)11(14)7-9/h3-4,7-8,15H,5-6H2,1-2H3,(H,16,17). The van der Waals surface area contributed by atoms with E-state index in [1.165, 1.54) is 0 Å². The molecule has 0 fully saturated rings. The molecule has 0 aliphatic heterocycles. The Morgan fingerprint density at radius 2 is 2.06 bits per heavy atom. The van der Waals surface area contributed by atoms with Crippen LogP contribution in [0.15, 0.2) is 18.2 Å². The Morgan fingerprint density at radius 1 is 1.35 bits per heavy atom. The summed E-state index contributed by atoms with van der Waals surface area (Å²) in [5.74, 6) is 0.0120. The van der Waals surface area contributed by atoms with E-state index in [9.17, 15) is 4.79 Å². The molecule has 0 saturated heterocycles. The Bertz CT molecular complexity index is 396. The van der Waals surface area contributed by atoms with Crippen LogP contribution in [0.2, 0.25) is 10.0 Å². The van der Waals surface area contributed by atoms with E-state index in [1.54, 1.807) is 12.1 Å². The topological polar surface area (TPSA) is 41.1 Å². The van der Waals surface area contributed by atoms with Gasteiger partial charge in [0.05, 0.1) is 16.1 Å². The molecular formula is C12H16Cl2N2O. The molecule has 2 N–H and O–H groups in total. The van der Waals surface area contributed by atoms with Crippen LogP contribution in [0.3, 0.4) is 0 Å². The zero-order valence-corrected chi connectivity index (χ0v) is 11.4. The molecule has 3 nitrogen and oxygen atoms in total. The van der Waals surface area contributed by atoms with Crippen molar-refractivity contribution in [1.29, 1.82) is 0 Å². The number of amides is 1. The van der Waals surface area contributed by atoms with Gasteiger partial charge in [-0.3, -0.25) is 4.79 Å². The summed E-state index contributed by atoms with van der Waals surface area (Å²) in [4.78, 5) is 11.5. The molecule has 0 aliphatic rings. The highest BCUT2D eigenvalue weighted by atomic mass is 35.5. The second-order valence-electron chi connectivity index (χ2n) is 3.82. The van der Waals surface area contributed by atoms with E-state index in [2.05, 4.69) is 10.6 Å². The first-order chi connectivity index (χ1) is 8.04. The molecule has 1 aromatic rings. The average molecular weight is 275 g/mol. The highest BCUT2D eigenvalue weighted by molar-refractivity contribution is 6.42. The van der Waals surface area contributed by atoms with Crippen LogP contribution < -0.4 is 10.6 Å². The second kappa shape index (κ2) is 6.84. The molecule has 1 amide bonds. The van der Waals surface area contributed by atoms with Crippen LogP contribution in [-0.4, -0.2) is 19.5 Å².